The molecule has 2 aromatic rings. The van der Waals surface area contributed by atoms with Gasteiger partial charge >= 0.3 is 0 Å². The molecule has 0 bridgehead atoms. The van der Waals surface area contributed by atoms with Crippen LogP contribution in [0.25, 0.3) is 0 Å². The van der Waals surface area contributed by atoms with Crippen LogP contribution in [-0.4, -0.2) is 10.7 Å². The molecule has 0 atom stereocenters. The molecule has 0 amide bonds. The van der Waals surface area contributed by atoms with Crippen molar-refractivity contribution in [2.24, 2.45) is 0 Å². The first-order chi connectivity index (χ1) is 9.00. The van der Waals surface area contributed by atoms with Gasteiger partial charge in [0, 0.05) is 17.2 Å². The number of nitro benzene ring substituents is 1. The largest absolute Gasteiger partial charge is 0.397 e. The number of hydrogen-bond donors (Lipinski definition) is 2. The van der Waals surface area contributed by atoms with Gasteiger partial charge < -0.3 is 11.5 Å². The topological polar surface area (TPSA) is 112 Å². The zero-order valence-electron chi connectivity index (χ0n) is 9.87. The molecule has 19 heavy (non-hydrogen) atoms. The highest BCUT2D eigenvalue weighted by molar-refractivity contribution is 6.10. The molecular weight excluding hydrogens is 246 g/mol. The molecule has 2 aromatic carbocycles. The maximum Gasteiger partial charge on any atom is 0.294 e. The molecule has 0 aromatic heterocycles. The number of anilines is 2. The van der Waals surface area contributed by atoms with E-state index >= 15 is 0 Å². The number of benzene rings is 2. The molecule has 0 spiro atoms. The van der Waals surface area contributed by atoms with Crippen molar-refractivity contribution in [3.05, 3.63) is 63.7 Å². The number of nitrogen functional groups attached to an aromatic ring is 2. The van der Waals surface area contributed by atoms with Crippen LogP contribution < -0.4 is 11.5 Å². The smallest absolute Gasteiger partial charge is 0.294 e. The Bertz CT molecular complexity index is 654. The third kappa shape index (κ3) is 2.37. The fourth-order valence-electron chi connectivity index (χ4n) is 1.70. The van der Waals surface area contributed by atoms with E-state index in [1.165, 1.54) is 6.07 Å². The third-order valence-electron chi connectivity index (χ3n) is 2.69. The summed E-state index contributed by atoms with van der Waals surface area (Å²) < 4.78 is 0. The van der Waals surface area contributed by atoms with Gasteiger partial charge in [0.1, 0.15) is 5.69 Å². The minimum absolute atomic E-state index is 0.0217. The van der Waals surface area contributed by atoms with E-state index in [-0.39, 0.29) is 28.4 Å². The standard InChI is InChI=1S/C13H11N3O3/c14-10-6-9(7-11(12(10)15)16(18)19)13(17)8-4-2-1-3-5-8/h1-7H,14-15H2. The number of ketones is 1. The van der Waals surface area contributed by atoms with Gasteiger partial charge in [-0.1, -0.05) is 30.3 Å². The zero-order chi connectivity index (χ0) is 14.0. The van der Waals surface area contributed by atoms with E-state index in [2.05, 4.69) is 0 Å². The molecule has 4 N–H and O–H groups in total. The third-order valence-corrected chi connectivity index (χ3v) is 2.69. The summed E-state index contributed by atoms with van der Waals surface area (Å²) >= 11 is 0. The van der Waals surface area contributed by atoms with Crippen molar-refractivity contribution in [1.29, 1.82) is 0 Å². The summed E-state index contributed by atoms with van der Waals surface area (Å²) in [7, 11) is 0. The van der Waals surface area contributed by atoms with E-state index in [0.717, 1.165) is 6.07 Å². The Hall–Kier alpha value is -2.89. The second-order valence-corrected chi connectivity index (χ2v) is 3.95. The monoisotopic (exact) mass is 257 g/mol. The van der Waals surface area contributed by atoms with Gasteiger partial charge in [-0.25, -0.2) is 0 Å². The normalized spacial score (nSPS) is 10.1. The highest BCUT2D eigenvalue weighted by Gasteiger charge is 2.19. The van der Waals surface area contributed by atoms with Crippen LogP contribution in [0.2, 0.25) is 0 Å². The summed E-state index contributed by atoms with van der Waals surface area (Å²) in [5.41, 5.74) is 11.2. The fourth-order valence-corrected chi connectivity index (χ4v) is 1.70. The van der Waals surface area contributed by atoms with Crippen LogP contribution in [0.5, 0.6) is 0 Å². The van der Waals surface area contributed by atoms with Crippen molar-refractivity contribution < 1.29 is 9.72 Å². The number of hydrogen-bond acceptors (Lipinski definition) is 5. The van der Waals surface area contributed by atoms with Gasteiger partial charge in [0.15, 0.2) is 5.78 Å². The number of rotatable bonds is 3. The van der Waals surface area contributed by atoms with Crippen molar-refractivity contribution in [3.63, 3.8) is 0 Å². The van der Waals surface area contributed by atoms with Gasteiger partial charge in [-0.15, -0.1) is 0 Å². The first kappa shape index (κ1) is 12.6. The lowest BCUT2D eigenvalue weighted by Crippen LogP contribution is -2.06. The highest BCUT2D eigenvalue weighted by Crippen LogP contribution is 2.29. The summed E-state index contributed by atoms with van der Waals surface area (Å²) in [6.45, 7) is 0. The van der Waals surface area contributed by atoms with Gasteiger partial charge in [0.2, 0.25) is 0 Å². The first-order valence-electron chi connectivity index (χ1n) is 5.44. The van der Waals surface area contributed by atoms with Crippen LogP contribution in [0.15, 0.2) is 42.5 Å². The van der Waals surface area contributed by atoms with Crippen molar-refractivity contribution in [1.82, 2.24) is 0 Å². The lowest BCUT2D eigenvalue weighted by molar-refractivity contribution is -0.383. The van der Waals surface area contributed by atoms with E-state index < -0.39 is 4.92 Å². The van der Waals surface area contributed by atoms with E-state index in [1.807, 2.05) is 0 Å². The van der Waals surface area contributed by atoms with Crippen LogP contribution in [0.4, 0.5) is 17.1 Å². The van der Waals surface area contributed by atoms with Crippen LogP contribution >= 0.6 is 0 Å². The van der Waals surface area contributed by atoms with Gasteiger partial charge in [-0.3, -0.25) is 14.9 Å². The van der Waals surface area contributed by atoms with Gasteiger partial charge in [-0.2, -0.15) is 0 Å². The molecule has 96 valence electrons. The zero-order valence-corrected chi connectivity index (χ0v) is 9.87. The molecule has 6 nitrogen and oxygen atoms in total. The molecule has 0 saturated carbocycles. The molecule has 2 rings (SSSR count). The predicted octanol–water partition coefficient (Wildman–Crippen LogP) is 1.99. The molecular formula is C13H11N3O3. The quantitative estimate of drug-likeness (QED) is 0.378. The molecule has 0 heterocycles. The molecule has 6 heteroatoms. The van der Waals surface area contributed by atoms with Gasteiger partial charge in [0.05, 0.1) is 10.6 Å². The Kier molecular flexibility index (Phi) is 3.15. The summed E-state index contributed by atoms with van der Waals surface area (Å²) in [5, 5.41) is 10.8. The lowest BCUT2D eigenvalue weighted by atomic mass is 10.0. The maximum atomic E-state index is 12.2. The average molecular weight is 257 g/mol. The Balaban J connectivity index is 2.52. The summed E-state index contributed by atoms with van der Waals surface area (Å²) in [6, 6.07) is 10.9. The van der Waals surface area contributed by atoms with Crippen LogP contribution in [0.3, 0.4) is 0 Å². The molecule has 0 radical (unpaired) electrons. The Morgan fingerprint density at radius 3 is 2.26 bits per heavy atom. The second kappa shape index (κ2) is 4.77. The van der Waals surface area contributed by atoms with Crippen LogP contribution in [0, 0.1) is 10.1 Å². The maximum absolute atomic E-state index is 12.2. The molecule has 0 unspecified atom stereocenters. The van der Waals surface area contributed by atoms with Crippen molar-refractivity contribution in [2.75, 3.05) is 11.5 Å². The summed E-state index contributed by atoms with van der Waals surface area (Å²) in [5.74, 6) is -0.338. The Morgan fingerprint density at radius 1 is 1.05 bits per heavy atom. The Morgan fingerprint density at radius 2 is 1.68 bits per heavy atom. The van der Waals surface area contributed by atoms with Crippen molar-refractivity contribution in [2.45, 2.75) is 0 Å². The highest BCUT2D eigenvalue weighted by atomic mass is 16.6. The predicted molar refractivity (Wildman–Crippen MR) is 71.8 cm³/mol. The Labute approximate surface area is 108 Å². The number of nitro groups is 1. The number of carbonyl (C=O) groups is 1. The number of nitrogens with zero attached hydrogens (tertiary/aromatic N) is 1. The van der Waals surface area contributed by atoms with E-state index in [1.54, 1.807) is 30.3 Å². The minimum atomic E-state index is -0.659. The van der Waals surface area contributed by atoms with Crippen molar-refractivity contribution >= 4 is 22.8 Å². The molecule has 0 aliphatic heterocycles. The van der Waals surface area contributed by atoms with E-state index in [9.17, 15) is 14.9 Å². The SMILES string of the molecule is Nc1cc(C(=O)c2ccccc2)cc([N+](=O)[O-])c1N. The molecule has 0 aliphatic carbocycles. The van der Waals surface area contributed by atoms with E-state index in [4.69, 9.17) is 11.5 Å². The van der Waals surface area contributed by atoms with Crippen molar-refractivity contribution in [3.8, 4) is 0 Å². The van der Waals surface area contributed by atoms with Gasteiger partial charge in [0.25, 0.3) is 5.69 Å². The minimum Gasteiger partial charge on any atom is -0.397 e. The van der Waals surface area contributed by atoms with Crippen LogP contribution in [-0.2, 0) is 0 Å². The lowest BCUT2D eigenvalue weighted by Gasteiger charge is -2.05. The molecule has 0 fully saturated rings. The fraction of sp³-hybridized carbons (Fsp3) is 0. The van der Waals surface area contributed by atoms with Crippen LogP contribution in [0.1, 0.15) is 15.9 Å². The number of nitrogens with two attached hydrogens (primary N) is 2. The number of carbonyl (C=O) groups excluding carboxylic acids is 1. The van der Waals surface area contributed by atoms with Gasteiger partial charge in [-0.05, 0) is 6.07 Å². The summed E-state index contributed by atoms with van der Waals surface area (Å²) in [6.07, 6.45) is 0. The first-order valence-corrected chi connectivity index (χ1v) is 5.44. The molecule has 0 saturated heterocycles. The average Bonchev–Trinajstić information content (AvgIpc) is 2.41. The summed E-state index contributed by atoms with van der Waals surface area (Å²) in [4.78, 5) is 22.4. The van der Waals surface area contributed by atoms with E-state index in [0.29, 0.717) is 5.56 Å². The second-order valence-electron chi connectivity index (χ2n) is 3.95. The molecule has 0 aliphatic rings.